The Morgan fingerprint density at radius 2 is 1.80 bits per heavy atom. The van der Waals surface area contributed by atoms with Gasteiger partial charge < -0.3 is 15.4 Å². The summed E-state index contributed by atoms with van der Waals surface area (Å²) in [5, 5.41) is 8.55. The van der Waals surface area contributed by atoms with Crippen molar-refractivity contribution in [2.75, 3.05) is 13.7 Å². The monoisotopic (exact) mass is 441 g/mol. The van der Waals surface area contributed by atoms with Gasteiger partial charge in [-0.1, -0.05) is 12.1 Å². The topological polar surface area (TPSA) is 80.3 Å². The van der Waals surface area contributed by atoms with Crippen LogP contribution in [0.1, 0.15) is 26.6 Å². The highest BCUT2D eigenvalue weighted by Crippen LogP contribution is 2.23. The van der Waals surface area contributed by atoms with Crippen molar-refractivity contribution in [3.8, 4) is 5.75 Å². The lowest BCUT2D eigenvalue weighted by atomic mass is 10.2. The SMILES string of the molecule is COc1ccc(CNC(=O)CNC(=O)c2ccc(SCc3csc(C)n3)cc2)cc1. The van der Waals surface area contributed by atoms with Crippen LogP contribution in [0.3, 0.4) is 0 Å². The van der Waals surface area contributed by atoms with Crippen molar-refractivity contribution in [2.24, 2.45) is 0 Å². The summed E-state index contributed by atoms with van der Waals surface area (Å²) < 4.78 is 5.11. The molecule has 1 aromatic heterocycles. The number of hydrogen-bond acceptors (Lipinski definition) is 6. The highest BCUT2D eigenvalue weighted by atomic mass is 32.2. The van der Waals surface area contributed by atoms with Crippen LogP contribution in [0.25, 0.3) is 0 Å². The van der Waals surface area contributed by atoms with E-state index in [-0.39, 0.29) is 18.4 Å². The van der Waals surface area contributed by atoms with E-state index in [1.54, 1.807) is 42.3 Å². The van der Waals surface area contributed by atoms with Gasteiger partial charge in [-0.15, -0.1) is 23.1 Å². The van der Waals surface area contributed by atoms with Gasteiger partial charge in [0, 0.05) is 28.1 Å². The molecule has 2 aromatic carbocycles. The quantitative estimate of drug-likeness (QED) is 0.494. The Morgan fingerprint density at radius 1 is 1.07 bits per heavy atom. The largest absolute Gasteiger partial charge is 0.497 e. The lowest BCUT2D eigenvalue weighted by Gasteiger charge is -2.08. The van der Waals surface area contributed by atoms with Gasteiger partial charge in [0.1, 0.15) is 5.75 Å². The standard InChI is InChI=1S/C22H23N3O3S2/c1-15-25-18(13-29-15)14-30-20-9-5-17(6-10-20)22(27)24-12-21(26)23-11-16-3-7-19(28-2)8-4-16/h3-10,13H,11-12,14H2,1-2H3,(H,23,26)(H,24,27). The Hall–Kier alpha value is -2.84. The first-order valence-corrected chi connectivity index (χ1v) is 11.2. The van der Waals surface area contributed by atoms with E-state index in [0.717, 1.165) is 32.7 Å². The van der Waals surface area contributed by atoms with E-state index >= 15 is 0 Å². The summed E-state index contributed by atoms with van der Waals surface area (Å²) in [6, 6.07) is 14.8. The fraction of sp³-hybridized carbons (Fsp3) is 0.227. The van der Waals surface area contributed by atoms with Gasteiger partial charge >= 0.3 is 0 Å². The van der Waals surface area contributed by atoms with Crippen LogP contribution < -0.4 is 15.4 Å². The van der Waals surface area contributed by atoms with Gasteiger partial charge in [0.05, 0.1) is 24.4 Å². The average molecular weight is 442 g/mol. The molecule has 6 nitrogen and oxygen atoms in total. The second-order valence-corrected chi connectivity index (χ2v) is 8.59. The number of rotatable bonds is 9. The molecule has 0 bridgehead atoms. The van der Waals surface area contributed by atoms with Gasteiger partial charge in [0.25, 0.3) is 5.91 Å². The van der Waals surface area contributed by atoms with Crippen molar-refractivity contribution in [1.29, 1.82) is 0 Å². The maximum Gasteiger partial charge on any atom is 0.251 e. The van der Waals surface area contributed by atoms with Crippen molar-refractivity contribution in [3.63, 3.8) is 0 Å². The molecule has 0 radical (unpaired) electrons. The predicted octanol–water partition coefficient (Wildman–Crippen LogP) is 3.80. The number of nitrogens with zero attached hydrogens (tertiary/aromatic N) is 1. The summed E-state index contributed by atoms with van der Waals surface area (Å²) in [7, 11) is 1.61. The summed E-state index contributed by atoms with van der Waals surface area (Å²) in [5.74, 6) is 1.04. The molecule has 0 saturated carbocycles. The molecule has 2 N–H and O–H groups in total. The third kappa shape index (κ3) is 6.60. The van der Waals surface area contributed by atoms with Crippen molar-refractivity contribution in [2.45, 2.75) is 24.1 Å². The lowest BCUT2D eigenvalue weighted by Crippen LogP contribution is -2.36. The number of carbonyl (C=O) groups excluding carboxylic acids is 2. The van der Waals surface area contributed by atoms with Gasteiger partial charge in [-0.3, -0.25) is 9.59 Å². The van der Waals surface area contributed by atoms with Crippen LogP contribution in [-0.2, 0) is 17.1 Å². The first-order chi connectivity index (χ1) is 14.5. The van der Waals surface area contributed by atoms with E-state index in [1.165, 1.54) is 0 Å². The summed E-state index contributed by atoms with van der Waals surface area (Å²) in [6.45, 7) is 2.31. The van der Waals surface area contributed by atoms with Gasteiger partial charge in [-0.2, -0.15) is 0 Å². The molecular formula is C22H23N3O3S2. The molecule has 156 valence electrons. The van der Waals surface area contributed by atoms with Gasteiger partial charge in [0.2, 0.25) is 5.91 Å². The molecular weight excluding hydrogens is 418 g/mol. The number of aryl methyl sites for hydroxylation is 1. The smallest absolute Gasteiger partial charge is 0.251 e. The molecule has 0 unspecified atom stereocenters. The van der Waals surface area contributed by atoms with Crippen LogP contribution >= 0.6 is 23.1 Å². The Balaban J connectivity index is 1.40. The first-order valence-electron chi connectivity index (χ1n) is 9.35. The number of ether oxygens (including phenoxy) is 1. The van der Waals surface area contributed by atoms with E-state index in [1.807, 2.05) is 43.3 Å². The summed E-state index contributed by atoms with van der Waals surface area (Å²) in [5.41, 5.74) is 2.54. The van der Waals surface area contributed by atoms with E-state index in [2.05, 4.69) is 21.0 Å². The Morgan fingerprint density at radius 3 is 2.43 bits per heavy atom. The fourth-order valence-electron chi connectivity index (χ4n) is 2.60. The maximum atomic E-state index is 12.3. The van der Waals surface area contributed by atoms with Crippen LogP contribution in [-0.4, -0.2) is 30.5 Å². The summed E-state index contributed by atoms with van der Waals surface area (Å²) in [6.07, 6.45) is 0. The number of methoxy groups -OCH3 is 1. The maximum absolute atomic E-state index is 12.3. The lowest BCUT2D eigenvalue weighted by molar-refractivity contribution is -0.120. The molecule has 30 heavy (non-hydrogen) atoms. The zero-order valence-corrected chi connectivity index (χ0v) is 18.4. The van der Waals surface area contributed by atoms with Crippen LogP contribution in [0.4, 0.5) is 0 Å². The zero-order chi connectivity index (χ0) is 21.3. The van der Waals surface area contributed by atoms with E-state index < -0.39 is 0 Å². The summed E-state index contributed by atoms with van der Waals surface area (Å²) in [4.78, 5) is 29.8. The molecule has 2 amide bonds. The Labute approximate surface area is 184 Å². The third-order valence-electron chi connectivity index (χ3n) is 4.23. The van der Waals surface area contributed by atoms with Crippen LogP contribution in [0.2, 0.25) is 0 Å². The fourth-order valence-corrected chi connectivity index (χ4v) is 4.11. The normalized spacial score (nSPS) is 10.5. The van der Waals surface area contributed by atoms with Gasteiger partial charge in [-0.25, -0.2) is 4.98 Å². The van der Waals surface area contributed by atoms with Crippen LogP contribution in [0.15, 0.2) is 58.8 Å². The third-order valence-corrected chi connectivity index (χ3v) is 6.10. The van der Waals surface area contributed by atoms with Crippen LogP contribution in [0.5, 0.6) is 5.75 Å². The number of hydrogen-bond donors (Lipinski definition) is 2. The molecule has 3 rings (SSSR count). The molecule has 1 heterocycles. The van der Waals surface area contributed by atoms with Gasteiger partial charge in [-0.05, 0) is 48.9 Å². The van der Waals surface area contributed by atoms with E-state index in [4.69, 9.17) is 4.74 Å². The zero-order valence-electron chi connectivity index (χ0n) is 16.8. The van der Waals surface area contributed by atoms with E-state index in [9.17, 15) is 9.59 Å². The van der Waals surface area contributed by atoms with Crippen molar-refractivity contribution in [1.82, 2.24) is 15.6 Å². The molecule has 0 saturated heterocycles. The minimum atomic E-state index is -0.277. The minimum Gasteiger partial charge on any atom is -0.497 e. The molecule has 0 aliphatic carbocycles. The van der Waals surface area contributed by atoms with Crippen LogP contribution in [0, 0.1) is 6.92 Å². The van der Waals surface area contributed by atoms with Gasteiger partial charge in [0.15, 0.2) is 0 Å². The van der Waals surface area contributed by atoms with E-state index in [0.29, 0.717) is 12.1 Å². The Kier molecular flexibility index (Phi) is 7.87. The second kappa shape index (κ2) is 10.8. The number of benzene rings is 2. The number of amides is 2. The molecule has 3 aromatic rings. The second-order valence-electron chi connectivity index (χ2n) is 6.48. The first kappa shape index (κ1) is 21.9. The molecule has 0 spiro atoms. The number of thiazole rings is 1. The number of aromatic nitrogens is 1. The molecule has 0 atom stereocenters. The number of thioether (sulfide) groups is 1. The minimum absolute atomic E-state index is 0.0747. The average Bonchev–Trinajstić information content (AvgIpc) is 3.20. The molecule has 0 aliphatic rings. The Bertz CT molecular complexity index is 986. The van der Waals surface area contributed by atoms with Crippen molar-refractivity contribution < 1.29 is 14.3 Å². The highest BCUT2D eigenvalue weighted by molar-refractivity contribution is 7.98. The predicted molar refractivity (Wildman–Crippen MR) is 120 cm³/mol. The molecule has 0 aliphatic heterocycles. The highest BCUT2D eigenvalue weighted by Gasteiger charge is 2.09. The molecule has 8 heteroatoms. The number of nitrogens with one attached hydrogen (secondary N) is 2. The van der Waals surface area contributed by atoms with Crippen molar-refractivity contribution in [3.05, 3.63) is 75.7 Å². The van der Waals surface area contributed by atoms with Crippen molar-refractivity contribution >= 4 is 34.9 Å². The summed E-state index contributed by atoms with van der Waals surface area (Å²) >= 11 is 3.31. The number of carbonyl (C=O) groups is 2. The molecule has 0 fully saturated rings.